The molecule has 112 valence electrons. The summed E-state index contributed by atoms with van der Waals surface area (Å²) in [5, 5.41) is 9.00. The molecule has 1 aromatic heterocycles. The standard InChI is InChI=1S/C13H17ClF2N2O2/c1-8(2)10-5-9(6-11(14)17-10)13(20)18(3-4-19)7-12(15)16/h5-6,8,12,19H,3-4,7H2,1-2H3. The predicted molar refractivity (Wildman–Crippen MR) is 72.3 cm³/mol. The van der Waals surface area contributed by atoms with E-state index in [9.17, 15) is 13.6 Å². The third-order valence-electron chi connectivity index (χ3n) is 2.67. The first-order chi connectivity index (χ1) is 9.35. The Bertz CT molecular complexity index is 470. The average molecular weight is 307 g/mol. The van der Waals surface area contributed by atoms with E-state index in [1.165, 1.54) is 12.1 Å². The van der Waals surface area contributed by atoms with Gasteiger partial charge in [-0.05, 0) is 18.1 Å². The van der Waals surface area contributed by atoms with Crippen LogP contribution in [0.5, 0.6) is 0 Å². The summed E-state index contributed by atoms with van der Waals surface area (Å²) < 4.78 is 24.9. The molecule has 0 fully saturated rings. The molecule has 0 spiro atoms. The van der Waals surface area contributed by atoms with E-state index in [0.29, 0.717) is 5.69 Å². The average Bonchev–Trinajstić information content (AvgIpc) is 2.36. The Morgan fingerprint density at radius 2 is 2.10 bits per heavy atom. The molecule has 0 saturated carbocycles. The van der Waals surface area contributed by atoms with Crippen LogP contribution in [0.2, 0.25) is 5.15 Å². The molecule has 1 rings (SSSR count). The third-order valence-corrected chi connectivity index (χ3v) is 2.86. The van der Waals surface area contributed by atoms with E-state index in [-0.39, 0.29) is 29.8 Å². The Morgan fingerprint density at radius 3 is 2.60 bits per heavy atom. The summed E-state index contributed by atoms with van der Waals surface area (Å²) in [6.45, 7) is 2.51. The van der Waals surface area contributed by atoms with Crippen molar-refractivity contribution in [3.8, 4) is 0 Å². The third kappa shape index (κ3) is 4.68. The van der Waals surface area contributed by atoms with Gasteiger partial charge in [-0.3, -0.25) is 4.79 Å². The van der Waals surface area contributed by atoms with Crippen molar-refractivity contribution in [2.75, 3.05) is 19.7 Å². The number of hydrogen-bond acceptors (Lipinski definition) is 3. The molecule has 1 aromatic rings. The second kappa shape index (κ2) is 7.50. The van der Waals surface area contributed by atoms with Gasteiger partial charge in [0, 0.05) is 17.8 Å². The molecule has 7 heteroatoms. The first-order valence-electron chi connectivity index (χ1n) is 6.21. The summed E-state index contributed by atoms with van der Waals surface area (Å²) in [7, 11) is 0. The van der Waals surface area contributed by atoms with Crippen LogP contribution in [-0.4, -0.2) is 47.0 Å². The number of carbonyl (C=O) groups is 1. The smallest absolute Gasteiger partial charge is 0.255 e. The number of amides is 1. The Balaban J connectivity index is 3.04. The van der Waals surface area contributed by atoms with Crippen molar-refractivity contribution in [3.05, 3.63) is 28.5 Å². The van der Waals surface area contributed by atoms with Gasteiger partial charge in [-0.15, -0.1) is 0 Å². The number of aliphatic hydroxyl groups excluding tert-OH is 1. The molecule has 0 saturated heterocycles. The Hall–Kier alpha value is -1.27. The van der Waals surface area contributed by atoms with E-state index in [0.717, 1.165) is 4.90 Å². The molecule has 0 aliphatic carbocycles. The van der Waals surface area contributed by atoms with Crippen LogP contribution in [0.15, 0.2) is 12.1 Å². The van der Waals surface area contributed by atoms with Crippen molar-refractivity contribution < 1.29 is 18.7 Å². The molecule has 0 atom stereocenters. The van der Waals surface area contributed by atoms with Gasteiger partial charge in [0.05, 0.1) is 13.2 Å². The van der Waals surface area contributed by atoms with E-state index < -0.39 is 18.9 Å². The maximum absolute atomic E-state index is 12.5. The lowest BCUT2D eigenvalue weighted by Crippen LogP contribution is -2.37. The number of aromatic nitrogens is 1. The van der Waals surface area contributed by atoms with Crippen LogP contribution < -0.4 is 0 Å². The maximum atomic E-state index is 12.5. The Kier molecular flexibility index (Phi) is 6.29. The highest BCUT2D eigenvalue weighted by atomic mass is 35.5. The molecule has 1 heterocycles. The highest BCUT2D eigenvalue weighted by Crippen LogP contribution is 2.19. The lowest BCUT2D eigenvalue weighted by atomic mass is 10.1. The number of pyridine rings is 1. The number of rotatable bonds is 6. The van der Waals surface area contributed by atoms with Gasteiger partial charge in [0.1, 0.15) is 5.15 Å². The molecule has 0 bridgehead atoms. The molecule has 4 nitrogen and oxygen atoms in total. The van der Waals surface area contributed by atoms with Crippen LogP contribution in [0.3, 0.4) is 0 Å². The second-order valence-electron chi connectivity index (χ2n) is 4.62. The highest BCUT2D eigenvalue weighted by molar-refractivity contribution is 6.29. The fourth-order valence-corrected chi connectivity index (χ4v) is 1.90. The van der Waals surface area contributed by atoms with Crippen LogP contribution in [0.1, 0.15) is 35.8 Å². The van der Waals surface area contributed by atoms with Crippen LogP contribution in [0, 0.1) is 0 Å². The van der Waals surface area contributed by atoms with Crippen LogP contribution in [-0.2, 0) is 0 Å². The number of halogens is 3. The zero-order valence-corrected chi connectivity index (χ0v) is 12.1. The SMILES string of the molecule is CC(C)c1cc(C(=O)N(CCO)CC(F)F)cc(Cl)n1. The van der Waals surface area contributed by atoms with Crippen molar-refractivity contribution in [1.82, 2.24) is 9.88 Å². The molecule has 1 amide bonds. The number of aliphatic hydroxyl groups is 1. The number of nitrogens with zero attached hydrogens (tertiary/aromatic N) is 2. The number of alkyl halides is 2. The molecule has 1 N–H and O–H groups in total. The summed E-state index contributed by atoms with van der Waals surface area (Å²) in [5.41, 5.74) is 0.810. The lowest BCUT2D eigenvalue weighted by molar-refractivity contribution is 0.0509. The zero-order chi connectivity index (χ0) is 15.3. The van der Waals surface area contributed by atoms with Crippen LogP contribution in [0.4, 0.5) is 8.78 Å². The molecule has 20 heavy (non-hydrogen) atoms. The van der Waals surface area contributed by atoms with Gasteiger partial charge in [-0.1, -0.05) is 25.4 Å². The highest BCUT2D eigenvalue weighted by Gasteiger charge is 2.20. The summed E-state index contributed by atoms with van der Waals surface area (Å²) in [6, 6.07) is 2.88. The van der Waals surface area contributed by atoms with Crippen molar-refractivity contribution in [3.63, 3.8) is 0 Å². The summed E-state index contributed by atoms with van der Waals surface area (Å²) >= 11 is 5.85. The summed E-state index contributed by atoms with van der Waals surface area (Å²) in [4.78, 5) is 17.2. The molecule has 0 unspecified atom stereocenters. The van der Waals surface area contributed by atoms with E-state index in [4.69, 9.17) is 16.7 Å². The Morgan fingerprint density at radius 1 is 1.45 bits per heavy atom. The zero-order valence-electron chi connectivity index (χ0n) is 11.3. The number of hydrogen-bond donors (Lipinski definition) is 1. The summed E-state index contributed by atoms with van der Waals surface area (Å²) in [5.74, 6) is -0.535. The fraction of sp³-hybridized carbons (Fsp3) is 0.538. The van der Waals surface area contributed by atoms with Gasteiger partial charge in [0.25, 0.3) is 12.3 Å². The topological polar surface area (TPSA) is 53.4 Å². The minimum absolute atomic E-state index is 0.0571. The second-order valence-corrected chi connectivity index (χ2v) is 5.01. The molecule has 0 radical (unpaired) electrons. The van der Waals surface area contributed by atoms with Crippen molar-refractivity contribution in [2.24, 2.45) is 0 Å². The maximum Gasteiger partial charge on any atom is 0.255 e. The summed E-state index contributed by atoms with van der Waals surface area (Å²) in [6.07, 6.45) is -2.66. The minimum atomic E-state index is -2.66. The van der Waals surface area contributed by atoms with E-state index in [1.807, 2.05) is 13.8 Å². The normalized spacial score (nSPS) is 11.2. The van der Waals surface area contributed by atoms with Crippen LogP contribution >= 0.6 is 11.6 Å². The lowest BCUT2D eigenvalue weighted by Gasteiger charge is -2.21. The van der Waals surface area contributed by atoms with Gasteiger partial charge in [-0.25, -0.2) is 13.8 Å². The van der Waals surface area contributed by atoms with Gasteiger partial charge in [-0.2, -0.15) is 0 Å². The molecule has 0 aliphatic rings. The van der Waals surface area contributed by atoms with E-state index in [1.54, 1.807) is 0 Å². The number of carbonyl (C=O) groups excluding carboxylic acids is 1. The van der Waals surface area contributed by atoms with Gasteiger partial charge >= 0.3 is 0 Å². The molecule has 0 aliphatic heterocycles. The van der Waals surface area contributed by atoms with Gasteiger partial charge < -0.3 is 10.0 Å². The van der Waals surface area contributed by atoms with Crippen molar-refractivity contribution >= 4 is 17.5 Å². The molecular formula is C13H17ClF2N2O2. The van der Waals surface area contributed by atoms with E-state index in [2.05, 4.69) is 4.98 Å². The fourth-order valence-electron chi connectivity index (χ4n) is 1.68. The molecule has 0 aromatic carbocycles. The first kappa shape index (κ1) is 16.8. The predicted octanol–water partition coefficient (Wildman–Crippen LogP) is 2.56. The van der Waals surface area contributed by atoms with Crippen LogP contribution in [0.25, 0.3) is 0 Å². The Labute approximate surface area is 121 Å². The quantitative estimate of drug-likeness (QED) is 0.822. The largest absolute Gasteiger partial charge is 0.395 e. The first-order valence-corrected chi connectivity index (χ1v) is 6.58. The van der Waals surface area contributed by atoms with Crippen molar-refractivity contribution in [1.29, 1.82) is 0 Å². The van der Waals surface area contributed by atoms with Gasteiger partial charge in [0.15, 0.2) is 0 Å². The molecular weight excluding hydrogens is 290 g/mol. The monoisotopic (exact) mass is 306 g/mol. The van der Waals surface area contributed by atoms with Crippen molar-refractivity contribution in [2.45, 2.75) is 26.2 Å². The van der Waals surface area contributed by atoms with Gasteiger partial charge in [0.2, 0.25) is 0 Å². The van der Waals surface area contributed by atoms with E-state index >= 15 is 0 Å². The minimum Gasteiger partial charge on any atom is -0.395 e.